The van der Waals surface area contributed by atoms with Gasteiger partial charge in [0.15, 0.2) is 0 Å². The molecule has 0 saturated heterocycles. The fraction of sp³-hybridized carbons (Fsp3) is 0.222. The fourth-order valence-electron chi connectivity index (χ4n) is 2.59. The standard InChI is InChI=1S/C18H17ClFN3O2/c1-10(2)13-6-14(18(25)7-17(13)24)16-9-23(22-21-16)8-11-3-4-12(20)5-15(11)19/h3-7,9-10,24-25H,8H2,1-2H3. The number of rotatable bonds is 4. The first-order valence-corrected chi connectivity index (χ1v) is 8.13. The van der Waals surface area contributed by atoms with Crippen LogP contribution in [0.1, 0.15) is 30.9 Å². The van der Waals surface area contributed by atoms with Crippen LogP contribution in [0.5, 0.6) is 11.5 Å². The van der Waals surface area contributed by atoms with Crippen molar-refractivity contribution in [3.05, 3.63) is 58.5 Å². The van der Waals surface area contributed by atoms with Gasteiger partial charge in [-0.25, -0.2) is 9.07 Å². The minimum absolute atomic E-state index is 0.0433. The van der Waals surface area contributed by atoms with Gasteiger partial charge in [0.1, 0.15) is 23.0 Å². The van der Waals surface area contributed by atoms with Crippen LogP contribution >= 0.6 is 11.6 Å². The fourth-order valence-corrected chi connectivity index (χ4v) is 2.81. The molecule has 1 heterocycles. The molecule has 5 nitrogen and oxygen atoms in total. The van der Waals surface area contributed by atoms with Crippen LogP contribution in [0.3, 0.4) is 0 Å². The molecule has 130 valence electrons. The molecule has 0 bridgehead atoms. The van der Waals surface area contributed by atoms with Crippen molar-refractivity contribution in [1.82, 2.24) is 15.0 Å². The van der Waals surface area contributed by atoms with E-state index in [1.165, 1.54) is 18.2 Å². The summed E-state index contributed by atoms with van der Waals surface area (Å²) >= 11 is 6.03. The summed E-state index contributed by atoms with van der Waals surface area (Å²) in [6.45, 7) is 4.22. The topological polar surface area (TPSA) is 71.2 Å². The Morgan fingerprint density at radius 3 is 2.60 bits per heavy atom. The van der Waals surface area contributed by atoms with Gasteiger partial charge in [-0.05, 0) is 35.2 Å². The molecule has 0 radical (unpaired) electrons. The van der Waals surface area contributed by atoms with E-state index in [2.05, 4.69) is 10.3 Å². The molecule has 25 heavy (non-hydrogen) atoms. The molecular formula is C18H17ClFN3O2. The second-order valence-corrected chi connectivity index (χ2v) is 6.53. The molecule has 2 aromatic carbocycles. The predicted molar refractivity (Wildman–Crippen MR) is 93.4 cm³/mol. The lowest BCUT2D eigenvalue weighted by Gasteiger charge is -2.11. The molecule has 1 aromatic heterocycles. The van der Waals surface area contributed by atoms with Crippen LogP contribution in [0.4, 0.5) is 4.39 Å². The number of nitrogens with zero attached hydrogens (tertiary/aromatic N) is 3. The third kappa shape index (κ3) is 3.58. The highest BCUT2D eigenvalue weighted by atomic mass is 35.5. The van der Waals surface area contributed by atoms with E-state index in [0.29, 0.717) is 34.0 Å². The summed E-state index contributed by atoms with van der Waals surface area (Å²) in [7, 11) is 0. The van der Waals surface area contributed by atoms with Crippen LogP contribution in [0, 0.1) is 5.82 Å². The maximum Gasteiger partial charge on any atom is 0.128 e. The molecule has 0 unspecified atom stereocenters. The summed E-state index contributed by atoms with van der Waals surface area (Å²) in [6, 6.07) is 7.18. The van der Waals surface area contributed by atoms with E-state index in [9.17, 15) is 14.6 Å². The molecule has 0 aliphatic rings. The van der Waals surface area contributed by atoms with Crippen molar-refractivity contribution in [3.8, 4) is 22.8 Å². The van der Waals surface area contributed by atoms with Crippen LogP contribution in [-0.2, 0) is 6.54 Å². The first kappa shape index (κ1) is 17.2. The summed E-state index contributed by atoms with van der Waals surface area (Å²) in [5.74, 6) is -0.342. The first-order valence-electron chi connectivity index (χ1n) is 7.75. The Balaban J connectivity index is 1.92. The molecule has 2 N–H and O–H groups in total. The lowest BCUT2D eigenvalue weighted by atomic mass is 9.98. The van der Waals surface area contributed by atoms with Gasteiger partial charge in [-0.1, -0.05) is 36.7 Å². The van der Waals surface area contributed by atoms with E-state index in [1.807, 2.05) is 13.8 Å². The predicted octanol–water partition coefficient (Wildman–Crippen LogP) is 4.32. The van der Waals surface area contributed by atoms with Gasteiger partial charge >= 0.3 is 0 Å². The number of hydrogen-bond acceptors (Lipinski definition) is 4. The summed E-state index contributed by atoms with van der Waals surface area (Å²) in [4.78, 5) is 0. The molecule has 3 aromatic rings. The lowest BCUT2D eigenvalue weighted by Crippen LogP contribution is -2.01. The highest BCUT2D eigenvalue weighted by Gasteiger charge is 2.15. The highest BCUT2D eigenvalue weighted by molar-refractivity contribution is 6.31. The highest BCUT2D eigenvalue weighted by Crippen LogP contribution is 2.37. The Morgan fingerprint density at radius 2 is 1.92 bits per heavy atom. The Kier molecular flexibility index (Phi) is 4.63. The number of aromatic hydroxyl groups is 2. The van der Waals surface area contributed by atoms with Gasteiger partial charge in [0.05, 0.1) is 12.7 Å². The van der Waals surface area contributed by atoms with Crippen molar-refractivity contribution in [2.45, 2.75) is 26.3 Å². The van der Waals surface area contributed by atoms with Gasteiger partial charge in [-0.15, -0.1) is 5.10 Å². The van der Waals surface area contributed by atoms with E-state index in [1.54, 1.807) is 23.0 Å². The normalized spacial score (nSPS) is 11.2. The molecule has 0 aliphatic heterocycles. The second-order valence-electron chi connectivity index (χ2n) is 6.12. The second kappa shape index (κ2) is 6.72. The van der Waals surface area contributed by atoms with E-state index < -0.39 is 5.82 Å². The number of aromatic nitrogens is 3. The van der Waals surface area contributed by atoms with Crippen LogP contribution in [0.15, 0.2) is 36.5 Å². The lowest BCUT2D eigenvalue weighted by molar-refractivity contribution is 0.445. The van der Waals surface area contributed by atoms with Gasteiger partial charge in [0, 0.05) is 16.7 Å². The van der Waals surface area contributed by atoms with Gasteiger partial charge in [-0.2, -0.15) is 0 Å². The molecule has 7 heteroatoms. The van der Waals surface area contributed by atoms with Gasteiger partial charge in [-0.3, -0.25) is 0 Å². The van der Waals surface area contributed by atoms with Crippen molar-refractivity contribution in [2.75, 3.05) is 0 Å². The van der Waals surface area contributed by atoms with Crippen molar-refractivity contribution in [1.29, 1.82) is 0 Å². The SMILES string of the molecule is CC(C)c1cc(-c2cn(Cc3ccc(F)cc3Cl)nn2)c(O)cc1O. The zero-order valence-corrected chi connectivity index (χ0v) is 14.5. The third-order valence-electron chi connectivity index (χ3n) is 3.93. The minimum atomic E-state index is -0.400. The van der Waals surface area contributed by atoms with Crippen LogP contribution in [0.25, 0.3) is 11.3 Å². The van der Waals surface area contributed by atoms with Crippen molar-refractivity contribution in [3.63, 3.8) is 0 Å². The van der Waals surface area contributed by atoms with Crippen molar-refractivity contribution < 1.29 is 14.6 Å². The zero-order chi connectivity index (χ0) is 18.1. The number of halogens is 2. The molecule has 0 saturated carbocycles. The third-order valence-corrected chi connectivity index (χ3v) is 4.28. The van der Waals surface area contributed by atoms with Crippen molar-refractivity contribution >= 4 is 11.6 Å². The molecule has 3 rings (SSSR count). The molecule has 0 fully saturated rings. The Labute approximate surface area is 149 Å². The summed E-state index contributed by atoms with van der Waals surface area (Å²) in [6.07, 6.45) is 1.66. The number of phenols is 2. The van der Waals surface area contributed by atoms with Crippen LogP contribution in [-0.4, -0.2) is 25.2 Å². The zero-order valence-electron chi connectivity index (χ0n) is 13.7. The molecular weight excluding hydrogens is 345 g/mol. The summed E-state index contributed by atoms with van der Waals surface area (Å²) in [5.41, 5.74) is 2.37. The van der Waals surface area contributed by atoms with Gasteiger partial charge < -0.3 is 10.2 Å². The van der Waals surface area contributed by atoms with Crippen LogP contribution < -0.4 is 0 Å². The van der Waals surface area contributed by atoms with Gasteiger partial charge in [0.25, 0.3) is 0 Å². The van der Waals surface area contributed by atoms with Gasteiger partial charge in [0.2, 0.25) is 0 Å². The smallest absolute Gasteiger partial charge is 0.128 e. The monoisotopic (exact) mass is 361 g/mol. The summed E-state index contributed by atoms with van der Waals surface area (Å²) < 4.78 is 14.7. The van der Waals surface area contributed by atoms with E-state index in [-0.39, 0.29) is 17.4 Å². The van der Waals surface area contributed by atoms with Crippen molar-refractivity contribution in [2.24, 2.45) is 0 Å². The number of hydrogen-bond donors (Lipinski definition) is 2. The minimum Gasteiger partial charge on any atom is -0.508 e. The average Bonchev–Trinajstić information content (AvgIpc) is 2.98. The Bertz CT molecular complexity index is 925. The molecule has 0 amide bonds. The average molecular weight is 362 g/mol. The largest absolute Gasteiger partial charge is 0.508 e. The number of phenolic OH excluding ortho intramolecular Hbond substituents is 2. The maximum atomic E-state index is 13.1. The van der Waals surface area contributed by atoms with Crippen LogP contribution in [0.2, 0.25) is 5.02 Å². The Morgan fingerprint density at radius 1 is 1.16 bits per heavy atom. The summed E-state index contributed by atoms with van der Waals surface area (Å²) in [5, 5.41) is 28.5. The van der Waals surface area contributed by atoms with E-state index in [4.69, 9.17) is 11.6 Å². The first-order chi connectivity index (χ1) is 11.8. The maximum absolute atomic E-state index is 13.1. The quantitative estimate of drug-likeness (QED) is 0.726. The number of benzene rings is 2. The Hall–Kier alpha value is -2.60. The molecule has 0 atom stereocenters. The molecule has 0 spiro atoms. The van der Waals surface area contributed by atoms with E-state index in [0.717, 1.165) is 0 Å². The molecule has 0 aliphatic carbocycles. The van der Waals surface area contributed by atoms with E-state index >= 15 is 0 Å².